The fourth-order valence-corrected chi connectivity index (χ4v) is 9.76. The second-order valence-electron chi connectivity index (χ2n) is 9.78. The molecule has 0 bridgehead atoms. The Labute approximate surface area is 202 Å². The molecule has 0 aliphatic carbocycles. The monoisotopic (exact) mass is 466 g/mol. The molecule has 0 radical (unpaired) electrons. The van der Waals surface area contributed by atoms with Gasteiger partial charge in [0.05, 0.1) is 6.61 Å². The second kappa shape index (κ2) is 8.74. The maximum absolute atomic E-state index is 12.2. The van der Waals surface area contributed by atoms with Crippen LogP contribution in [-0.2, 0) is 4.43 Å². The van der Waals surface area contributed by atoms with Crippen LogP contribution in [0.2, 0.25) is 5.04 Å². The van der Waals surface area contributed by atoms with Gasteiger partial charge in [0.2, 0.25) is 0 Å². The molecule has 1 heterocycles. The highest BCUT2D eigenvalue weighted by atomic mass is 28.4. The van der Waals surface area contributed by atoms with E-state index in [0.717, 1.165) is 27.7 Å². The first-order chi connectivity index (χ1) is 16.4. The summed E-state index contributed by atoms with van der Waals surface area (Å²) >= 11 is 0. The molecule has 0 saturated carbocycles. The van der Waals surface area contributed by atoms with Gasteiger partial charge in [-0.3, -0.25) is 4.79 Å². The van der Waals surface area contributed by atoms with Gasteiger partial charge in [0.15, 0.2) is 0 Å². The zero-order valence-electron chi connectivity index (χ0n) is 19.9. The van der Waals surface area contributed by atoms with E-state index in [4.69, 9.17) is 4.43 Å². The molecule has 4 nitrogen and oxygen atoms in total. The van der Waals surface area contributed by atoms with Gasteiger partial charge >= 0.3 is 0 Å². The molecule has 34 heavy (non-hydrogen) atoms. The zero-order chi connectivity index (χ0) is 23.8. The molecule has 0 aromatic heterocycles. The maximum atomic E-state index is 12.2. The van der Waals surface area contributed by atoms with Crippen molar-refractivity contribution < 1.29 is 9.22 Å². The topological polar surface area (TPSA) is 50.4 Å². The largest absolute Gasteiger partial charge is 0.406 e. The van der Waals surface area contributed by atoms with Crippen LogP contribution in [0.4, 0.5) is 11.4 Å². The van der Waals surface area contributed by atoms with E-state index in [2.05, 4.69) is 98.1 Å². The first kappa shape index (κ1) is 22.4. The Hall–Kier alpha value is -3.41. The van der Waals surface area contributed by atoms with E-state index in [1.54, 1.807) is 0 Å². The Balaban J connectivity index is 1.43. The molecule has 172 valence electrons. The molecule has 0 unspecified atom stereocenters. The molecule has 0 spiro atoms. The lowest BCUT2D eigenvalue weighted by Gasteiger charge is -2.43. The highest BCUT2D eigenvalue weighted by Gasteiger charge is 2.49. The van der Waals surface area contributed by atoms with Crippen molar-refractivity contribution in [3.8, 4) is 0 Å². The Morgan fingerprint density at radius 2 is 1.47 bits per heavy atom. The Kier molecular flexibility index (Phi) is 5.76. The third-order valence-corrected chi connectivity index (χ3v) is 11.7. The smallest absolute Gasteiger partial charge is 0.261 e. The van der Waals surface area contributed by atoms with E-state index >= 15 is 0 Å². The minimum absolute atomic E-state index is 0.0345. The van der Waals surface area contributed by atoms with E-state index in [-0.39, 0.29) is 10.9 Å². The van der Waals surface area contributed by atoms with Gasteiger partial charge < -0.3 is 15.1 Å². The van der Waals surface area contributed by atoms with E-state index in [1.165, 1.54) is 10.4 Å². The summed E-state index contributed by atoms with van der Waals surface area (Å²) in [5, 5.41) is 11.1. The van der Waals surface area contributed by atoms with Crippen LogP contribution < -0.4 is 21.0 Å². The van der Waals surface area contributed by atoms with E-state index < -0.39 is 8.32 Å². The van der Waals surface area contributed by atoms with Gasteiger partial charge in [-0.1, -0.05) is 93.6 Å². The SMILES string of the molecule is CC(C)(C)[Si](OCCNc1ccc2c3c(cccc13)C(=O)N2)(c1ccccc1)c1ccccc1. The number of hydrogen-bond acceptors (Lipinski definition) is 3. The molecule has 2 N–H and O–H groups in total. The van der Waals surface area contributed by atoms with Crippen LogP contribution in [-0.4, -0.2) is 27.4 Å². The average molecular weight is 467 g/mol. The predicted octanol–water partition coefficient (Wildman–Crippen LogP) is 5.39. The van der Waals surface area contributed by atoms with Crippen molar-refractivity contribution >= 4 is 46.7 Å². The number of rotatable bonds is 7. The second-order valence-corrected chi connectivity index (χ2v) is 14.1. The molecule has 1 aliphatic heterocycles. The molecule has 0 fully saturated rings. The molecule has 4 aromatic carbocycles. The highest BCUT2D eigenvalue weighted by molar-refractivity contribution is 6.99. The van der Waals surface area contributed by atoms with Crippen LogP contribution in [0.1, 0.15) is 31.1 Å². The van der Waals surface area contributed by atoms with E-state index in [0.29, 0.717) is 13.2 Å². The van der Waals surface area contributed by atoms with E-state index in [9.17, 15) is 4.79 Å². The summed E-state index contributed by atoms with van der Waals surface area (Å²) in [6.07, 6.45) is 0. The number of amides is 1. The van der Waals surface area contributed by atoms with Crippen LogP contribution in [0.15, 0.2) is 91.0 Å². The summed E-state index contributed by atoms with van der Waals surface area (Å²) in [5.41, 5.74) is 2.63. The minimum Gasteiger partial charge on any atom is -0.406 e. The van der Waals surface area contributed by atoms with Gasteiger partial charge in [-0.25, -0.2) is 0 Å². The van der Waals surface area contributed by atoms with Crippen molar-refractivity contribution in [1.29, 1.82) is 0 Å². The van der Waals surface area contributed by atoms with Crippen LogP contribution in [0.3, 0.4) is 0 Å². The molecular formula is C29H30N2O2Si. The molecule has 1 aliphatic rings. The van der Waals surface area contributed by atoms with Crippen molar-refractivity contribution in [2.45, 2.75) is 25.8 Å². The van der Waals surface area contributed by atoms with Gasteiger partial charge in [0.1, 0.15) is 0 Å². The van der Waals surface area contributed by atoms with Crippen molar-refractivity contribution in [2.75, 3.05) is 23.8 Å². The first-order valence-corrected chi connectivity index (χ1v) is 13.7. The molecule has 1 amide bonds. The number of anilines is 2. The van der Waals surface area contributed by atoms with Crippen LogP contribution in [0.25, 0.3) is 10.8 Å². The Morgan fingerprint density at radius 3 is 2.09 bits per heavy atom. The van der Waals surface area contributed by atoms with Crippen LogP contribution in [0, 0.1) is 0 Å². The lowest BCUT2D eigenvalue weighted by molar-refractivity contribution is 0.103. The van der Waals surface area contributed by atoms with E-state index in [1.807, 2.05) is 24.3 Å². The standard InChI is InChI=1S/C29H30N2O2Si/c1-29(2,3)34(21-11-6-4-7-12-21,22-13-8-5-9-14-22)33-20-19-30-25-17-18-26-27-23(25)15-10-16-24(27)28(32)31-26/h4-18,30H,19-20H2,1-3H3,(H,31,32). The Bertz CT molecular complexity index is 1290. The van der Waals surface area contributed by atoms with Gasteiger partial charge in [-0.2, -0.15) is 0 Å². The van der Waals surface area contributed by atoms with Crippen LogP contribution >= 0.6 is 0 Å². The molecule has 5 heteroatoms. The summed E-state index contributed by atoms with van der Waals surface area (Å²) < 4.78 is 6.99. The number of carbonyl (C=O) groups is 1. The minimum atomic E-state index is -2.55. The number of carbonyl (C=O) groups excluding carboxylic acids is 1. The molecule has 0 saturated heterocycles. The lowest BCUT2D eigenvalue weighted by atomic mass is 10.0. The van der Waals surface area contributed by atoms with Gasteiger partial charge in [0, 0.05) is 34.3 Å². The van der Waals surface area contributed by atoms with Crippen molar-refractivity contribution in [2.24, 2.45) is 0 Å². The van der Waals surface area contributed by atoms with Gasteiger partial charge in [-0.15, -0.1) is 0 Å². The van der Waals surface area contributed by atoms with Crippen molar-refractivity contribution in [1.82, 2.24) is 0 Å². The molecule has 0 atom stereocenters. The third-order valence-electron chi connectivity index (χ3n) is 6.69. The fourth-order valence-electron chi connectivity index (χ4n) is 5.20. The predicted molar refractivity (Wildman–Crippen MR) is 144 cm³/mol. The lowest BCUT2D eigenvalue weighted by Crippen LogP contribution is -2.66. The molecule has 4 aromatic rings. The third kappa shape index (κ3) is 3.71. The van der Waals surface area contributed by atoms with Gasteiger partial charge in [-0.05, 0) is 33.6 Å². The summed E-state index contributed by atoms with van der Waals surface area (Å²) in [6.45, 7) is 8.12. The maximum Gasteiger partial charge on any atom is 0.261 e. The number of hydrogen-bond donors (Lipinski definition) is 2. The number of nitrogens with one attached hydrogen (secondary N) is 2. The first-order valence-electron chi connectivity index (χ1n) is 11.8. The fraction of sp³-hybridized carbons (Fsp3) is 0.207. The average Bonchev–Trinajstić information content (AvgIpc) is 3.17. The summed E-state index contributed by atoms with van der Waals surface area (Å²) in [5.74, 6) is -0.0345. The number of benzene rings is 4. The van der Waals surface area contributed by atoms with Crippen molar-refractivity contribution in [3.05, 3.63) is 96.6 Å². The Morgan fingerprint density at radius 1 is 0.824 bits per heavy atom. The molecular weight excluding hydrogens is 436 g/mol. The summed E-state index contributed by atoms with van der Waals surface area (Å²) in [7, 11) is -2.55. The van der Waals surface area contributed by atoms with Crippen LogP contribution in [0.5, 0.6) is 0 Å². The van der Waals surface area contributed by atoms with Gasteiger partial charge in [0.25, 0.3) is 14.2 Å². The van der Waals surface area contributed by atoms with Crippen molar-refractivity contribution in [3.63, 3.8) is 0 Å². The highest BCUT2D eigenvalue weighted by Crippen LogP contribution is 2.38. The summed E-state index contributed by atoms with van der Waals surface area (Å²) in [4.78, 5) is 12.2. The molecule has 5 rings (SSSR count). The normalized spacial score (nSPS) is 13.2. The quantitative estimate of drug-likeness (QED) is 0.283. The zero-order valence-corrected chi connectivity index (χ0v) is 20.9. The summed E-state index contributed by atoms with van der Waals surface area (Å²) in [6, 6.07) is 31.3.